The number of benzene rings is 2. The van der Waals surface area contributed by atoms with Crippen LogP contribution in [0.4, 0.5) is 5.69 Å². The first-order valence-corrected chi connectivity index (χ1v) is 9.61. The van der Waals surface area contributed by atoms with E-state index in [-0.39, 0.29) is 10.8 Å². The highest BCUT2D eigenvalue weighted by Gasteiger charge is 2.18. The minimum Gasteiger partial charge on any atom is -0.311 e. The molecule has 0 saturated heterocycles. The van der Waals surface area contributed by atoms with Crippen molar-refractivity contribution in [3.63, 3.8) is 0 Å². The van der Waals surface area contributed by atoms with Crippen LogP contribution in [0.1, 0.15) is 16.1 Å². The number of hydrogen-bond donors (Lipinski definition) is 0. The highest BCUT2D eigenvalue weighted by Crippen LogP contribution is 2.23. The molecule has 1 heterocycles. The molecule has 0 aliphatic heterocycles. The lowest BCUT2D eigenvalue weighted by molar-refractivity contribution is 0.0994. The summed E-state index contributed by atoms with van der Waals surface area (Å²) in [6, 6.07) is 15.5. The number of aryl methyl sites for hydroxylation is 1. The number of aromatic nitrogens is 1. The Balaban J connectivity index is 2.01. The van der Waals surface area contributed by atoms with Gasteiger partial charge in [0.25, 0.3) is 5.91 Å². The van der Waals surface area contributed by atoms with Crippen LogP contribution < -0.4 is 4.90 Å². The van der Waals surface area contributed by atoms with Crippen molar-refractivity contribution >= 4 is 32.3 Å². The van der Waals surface area contributed by atoms with Gasteiger partial charge in [0.2, 0.25) is 0 Å². The normalized spacial score (nSPS) is 11.5. The van der Waals surface area contributed by atoms with Gasteiger partial charge in [-0.1, -0.05) is 18.2 Å². The molecule has 0 radical (unpaired) electrons. The van der Waals surface area contributed by atoms with Gasteiger partial charge in [0, 0.05) is 30.1 Å². The van der Waals surface area contributed by atoms with Crippen LogP contribution in [-0.4, -0.2) is 32.6 Å². The maximum absolute atomic E-state index is 13.0. The highest BCUT2D eigenvalue weighted by molar-refractivity contribution is 7.90. The van der Waals surface area contributed by atoms with Crippen LogP contribution in [0.3, 0.4) is 0 Å². The summed E-state index contributed by atoms with van der Waals surface area (Å²) >= 11 is 0. The monoisotopic (exact) mass is 354 g/mol. The third kappa shape index (κ3) is 3.39. The zero-order chi connectivity index (χ0) is 18.2. The summed E-state index contributed by atoms with van der Waals surface area (Å²) in [7, 11) is -1.59. The lowest BCUT2D eigenvalue weighted by Gasteiger charge is -2.19. The van der Waals surface area contributed by atoms with Crippen LogP contribution >= 0.6 is 0 Å². The van der Waals surface area contributed by atoms with Crippen molar-refractivity contribution in [2.24, 2.45) is 0 Å². The van der Waals surface area contributed by atoms with Crippen molar-refractivity contribution in [3.8, 4) is 0 Å². The first kappa shape index (κ1) is 17.1. The fourth-order valence-electron chi connectivity index (χ4n) is 2.70. The summed E-state index contributed by atoms with van der Waals surface area (Å²) in [5.41, 5.74) is 2.73. The number of carbonyl (C=O) groups is 1. The molecule has 0 saturated carbocycles. The van der Waals surface area contributed by atoms with Crippen molar-refractivity contribution in [2.45, 2.75) is 11.8 Å². The molecule has 0 atom stereocenters. The Hall–Kier alpha value is -2.73. The number of fused-ring (bicyclic) bond motifs is 1. The molecule has 0 N–H and O–H groups in total. The largest absolute Gasteiger partial charge is 0.311 e. The highest BCUT2D eigenvalue weighted by atomic mass is 32.2. The molecule has 0 bridgehead atoms. The quantitative estimate of drug-likeness (QED) is 0.724. The van der Waals surface area contributed by atoms with Crippen LogP contribution in [0.15, 0.2) is 59.5 Å². The average molecular weight is 354 g/mol. The SMILES string of the molecule is Cc1cc(C(=O)N(C)c2ccc(S(C)(=O)=O)cc2)c2ccccc2n1. The summed E-state index contributed by atoms with van der Waals surface area (Å²) in [4.78, 5) is 19.2. The molecule has 0 aliphatic carbocycles. The molecule has 0 unspecified atom stereocenters. The molecule has 3 rings (SSSR count). The Labute approximate surface area is 146 Å². The van der Waals surface area contributed by atoms with E-state index in [1.54, 1.807) is 25.2 Å². The first-order valence-electron chi connectivity index (χ1n) is 7.72. The minimum atomic E-state index is -3.26. The zero-order valence-electron chi connectivity index (χ0n) is 14.2. The van der Waals surface area contributed by atoms with E-state index >= 15 is 0 Å². The van der Waals surface area contributed by atoms with Gasteiger partial charge in [0.1, 0.15) is 0 Å². The van der Waals surface area contributed by atoms with E-state index in [1.165, 1.54) is 17.0 Å². The van der Waals surface area contributed by atoms with E-state index in [0.29, 0.717) is 11.3 Å². The molecule has 3 aromatic rings. The van der Waals surface area contributed by atoms with Gasteiger partial charge in [0.05, 0.1) is 16.0 Å². The zero-order valence-corrected chi connectivity index (χ0v) is 15.0. The van der Waals surface area contributed by atoms with E-state index in [0.717, 1.165) is 22.9 Å². The summed E-state index contributed by atoms with van der Waals surface area (Å²) in [5.74, 6) is -0.172. The van der Waals surface area contributed by atoms with Gasteiger partial charge in [-0.2, -0.15) is 0 Å². The van der Waals surface area contributed by atoms with Crippen LogP contribution in [-0.2, 0) is 9.84 Å². The second-order valence-electron chi connectivity index (χ2n) is 5.96. The van der Waals surface area contributed by atoms with E-state index in [2.05, 4.69) is 4.98 Å². The van der Waals surface area contributed by atoms with Crippen LogP contribution in [0.2, 0.25) is 0 Å². The predicted molar refractivity (Wildman–Crippen MR) is 98.8 cm³/mol. The Bertz CT molecular complexity index is 1060. The summed E-state index contributed by atoms with van der Waals surface area (Å²) in [5, 5.41) is 0.790. The molecule has 25 heavy (non-hydrogen) atoms. The smallest absolute Gasteiger partial charge is 0.258 e. The second kappa shape index (κ2) is 6.29. The van der Waals surface area contributed by atoms with E-state index < -0.39 is 9.84 Å². The van der Waals surface area contributed by atoms with Crippen LogP contribution in [0, 0.1) is 6.92 Å². The van der Waals surface area contributed by atoms with Gasteiger partial charge in [-0.25, -0.2) is 8.42 Å². The Morgan fingerprint density at radius 3 is 2.32 bits per heavy atom. The molecule has 5 nitrogen and oxygen atoms in total. The molecule has 0 spiro atoms. The average Bonchev–Trinajstić information content (AvgIpc) is 2.59. The van der Waals surface area contributed by atoms with Gasteiger partial charge in [-0.05, 0) is 43.3 Å². The van der Waals surface area contributed by atoms with Crippen molar-refractivity contribution in [2.75, 3.05) is 18.2 Å². The molecule has 2 aromatic carbocycles. The van der Waals surface area contributed by atoms with Gasteiger partial charge < -0.3 is 4.90 Å². The molecule has 128 valence electrons. The number of amides is 1. The van der Waals surface area contributed by atoms with Gasteiger partial charge >= 0.3 is 0 Å². The Kier molecular flexibility index (Phi) is 4.30. The summed E-state index contributed by atoms with van der Waals surface area (Å²) < 4.78 is 23.1. The minimum absolute atomic E-state index is 0.172. The van der Waals surface area contributed by atoms with E-state index in [4.69, 9.17) is 0 Å². The van der Waals surface area contributed by atoms with Crippen LogP contribution in [0.5, 0.6) is 0 Å². The summed E-state index contributed by atoms with van der Waals surface area (Å²) in [6.45, 7) is 1.85. The van der Waals surface area contributed by atoms with Gasteiger partial charge in [-0.3, -0.25) is 9.78 Å². The first-order chi connectivity index (χ1) is 11.8. The van der Waals surface area contributed by atoms with Crippen LogP contribution in [0.25, 0.3) is 10.9 Å². The van der Waals surface area contributed by atoms with Crippen molar-refractivity contribution in [1.29, 1.82) is 0 Å². The maximum Gasteiger partial charge on any atom is 0.258 e. The topological polar surface area (TPSA) is 67.3 Å². The molecule has 0 fully saturated rings. The number of pyridine rings is 1. The number of carbonyl (C=O) groups excluding carboxylic acids is 1. The van der Waals surface area contributed by atoms with Crippen molar-refractivity contribution < 1.29 is 13.2 Å². The van der Waals surface area contributed by atoms with E-state index in [9.17, 15) is 13.2 Å². The second-order valence-corrected chi connectivity index (χ2v) is 7.97. The number of nitrogens with zero attached hydrogens (tertiary/aromatic N) is 2. The van der Waals surface area contributed by atoms with E-state index in [1.807, 2.05) is 31.2 Å². The fourth-order valence-corrected chi connectivity index (χ4v) is 3.33. The lowest BCUT2D eigenvalue weighted by atomic mass is 10.1. The number of anilines is 1. The Morgan fingerprint density at radius 2 is 1.68 bits per heavy atom. The maximum atomic E-state index is 13.0. The molecule has 1 amide bonds. The predicted octanol–water partition coefficient (Wildman–Crippen LogP) is 3.22. The molecule has 1 aromatic heterocycles. The molecular formula is C19H18N2O3S. The third-order valence-corrected chi connectivity index (χ3v) is 5.16. The number of rotatable bonds is 3. The molecular weight excluding hydrogens is 336 g/mol. The fraction of sp³-hybridized carbons (Fsp3) is 0.158. The molecule has 0 aliphatic rings. The van der Waals surface area contributed by atoms with Gasteiger partial charge in [0.15, 0.2) is 9.84 Å². The third-order valence-electron chi connectivity index (χ3n) is 4.03. The number of para-hydroxylation sites is 1. The number of hydrogen-bond acceptors (Lipinski definition) is 4. The van der Waals surface area contributed by atoms with Crippen molar-refractivity contribution in [1.82, 2.24) is 4.98 Å². The van der Waals surface area contributed by atoms with Gasteiger partial charge in [-0.15, -0.1) is 0 Å². The van der Waals surface area contributed by atoms with Crippen molar-refractivity contribution in [3.05, 3.63) is 65.9 Å². The number of sulfone groups is 1. The lowest BCUT2D eigenvalue weighted by Crippen LogP contribution is -2.26. The Morgan fingerprint density at radius 1 is 1.04 bits per heavy atom. The molecule has 6 heteroatoms. The standard InChI is InChI=1S/C19H18N2O3S/c1-13-12-17(16-6-4-5-7-18(16)20-13)19(22)21(2)14-8-10-15(11-9-14)25(3,23)24/h4-12H,1-3H3. The summed E-state index contributed by atoms with van der Waals surface area (Å²) in [6.07, 6.45) is 1.16.